The summed E-state index contributed by atoms with van der Waals surface area (Å²) in [6.07, 6.45) is 3.89. The zero-order valence-corrected chi connectivity index (χ0v) is 12.0. The number of benzene rings is 1. The van der Waals surface area contributed by atoms with Crippen molar-refractivity contribution < 1.29 is 4.92 Å². The Morgan fingerprint density at radius 3 is 2.79 bits per heavy atom. The van der Waals surface area contributed by atoms with Crippen LogP contribution >= 0.6 is 11.6 Å². The van der Waals surface area contributed by atoms with Crippen molar-refractivity contribution in [3.63, 3.8) is 0 Å². The number of nitro benzene ring substituents is 1. The summed E-state index contributed by atoms with van der Waals surface area (Å²) in [6, 6.07) is 4.50. The Morgan fingerprint density at radius 1 is 1.47 bits per heavy atom. The Kier molecular flexibility index (Phi) is 6.53. The molecule has 1 rings (SSSR count). The zero-order chi connectivity index (χ0) is 14.3. The summed E-state index contributed by atoms with van der Waals surface area (Å²) in [5.41, 5.74) is 1.94. The van der Waals surface area contributed by atoms with Crippen molar-refractivity contribution in [3.05, 3.63) is 44.5 Å². The third-order valence-electron chi connectivity index (χ3n) is 2.78. The normalized spacial score (nSPS) is 11.6. The van der Waals surface area contributed by atoms with Gasteiger partial charge in [0.2, 0.25) is 0 Å². The number of nitrogens with zero attached hydrogens (tertiary/aromatic N) is 1. The molecule has 19 heavy (non-hydrogen) atoms. The quantitative estimate of drug-likeness (QED) is 0.466. The van der Waals surface area contributed by atoms with E-state index in [1.165, 1.54) is 17.7 Å². The average molecular weight is 283 g/mol. The largest absolute Gasteiger partial charge is 0.313 e. The predicted molar refractivity (Wildman–Crippen MR) is 79.5 cm³/mol. The molecule has 0 aliphatic heterocycles. The van der Waals surface area contributed by atoms with E-state index < -0.39 is 4.92 Å². The van der Waals surface area contributed by atoms with E-state index in [0.29, 0.717) is 10.6 Å². The average Bonchev–Trinajstić information content (AvgIpc) is 2.39. The predicted octanol–water partition coefficient (Wildman–Crippen LogP) is 4.04. The molecule has 104 valence electrons. The third kappa shape index (κ3) is 5.01. The van der Waals surface area contributed by atoms with Crippen LogP contribution in [0.15, 0.2) is 23.8 Å². The molecule has 0 heterocycles. The summed E-state index contributed by atoms with van der Waals surface area (Å²) in [4.78, 5) is 10.4. The van der Waals surface area contributed by atoms with E-state index in [1.54, 1.807) is 6.07 Å². The minimum atomic E-state index is -0.408. The SMILES string of the molecule is CCCNCC(=Cc1cc([N+](=O)[O-])ccc1Cl)CC. The molecule has 1 N–H and O–H groups in total. The summed E-state index contributed by atoms with van der Waals surface area (Å²) in [7, 11) is 0. The molecule has 4 nitrogen and oxygen atoms in total. The second-order valence-corrected chi connectivity index (χ2v) is 4.70. The van der Waals surface area contributed by atoms with Gasteiger partial charge in [0.25, 0.3) is 5.69 Å². The van der Waals surface area contributed by atoms with E-state index in [-0.39, 0.29) is 5.69 Å². The molecule has 0 aliphatic carbocycles. The molecule has 5 heteroatoms. The van der Waals surface area contributed by atoms with Crippen molar-refractivity contribution in [1.29, 1.82) is 0 Å². The van der Waals surface area contributed by atoms with Crippen molar-refractivity contribution in [3.8, 4) is 0 Å². The van der Waals surface area contributed by atoms with Gasteiger partial charge in [-0.1, -0.05) is 37.1 Å². The molecule has 0 radical (unpaired) electrons. The highest BCUT2D eigenvalue weighted by Gasteiger charge is 2.08. The zero-order valence-electron chi connectivity index (χ0n) is 11.3. The van der Waals surface area contributed by atoms with Crippen molar-refractivity contribution in [1.82, 2.24) is 5.32 Å². The van der Waals surface area contributed by atoms with E-state index in [2.05, 4.69) is 19.2 Å². The number of nitro groups is 1. The molecule has 0 spiro atoms. The maximum absolute atomic E-state index is 10.8. The fraction of sp³-hybridized carbons (Fsp3) is 0.429. The highest BCUT2D eigenvalue weighted by molar-refractivity contribution is 6.32. The van der Waals surface area contributed by atoms with Gasteiger partial charge >= 0.3 is 0 Å². The van der Waals surface area contributed by atoms with E-state index in [4.69, 9.17) is 11.6 Å². The van der Waals surface area contributed by atoms with Crippen LogP contribution in [0.3, 0.4) is 0 Å². The lowest BCUT2D eigenvalue weighted by Crippen LogP contribution is -2.17. The summed E-state index contributed by atoms with van der Waals surface area (Å²) in [5.74, 6) is 0. The van der Waals surface area contributed by atoms with Gasteiger partial charge in [0.1, 0.15) is 0 Å². The Morgan fingerprint density at radius 2 is 2.21 bits per heavy atom. The first kappa shape index (κ1) is 15.7. The molecule has 0 atom stereocenters. The van der Waals surface area contributed by atoms with E-state index >= 15 is 0 Å². The van der Waals surface area contributed by atoms with Crippen LogP contribution in [-0.4, -0.2) is 18.0 Å². The van der Waals surface area contributed by atoms with E-state index in [0.717, 1.165) is 25.9 Å². The highest BCUT2D eigenvalue weighted by atomic mass is 35.5. The van der Waals surface area contributed by atoms with E-state index in [9.17, 15) is 10.1 Å². The molecule has 1 aromatic carbocycles. The number of hydrogen-bond acceptors (Lipinski definition) is 3. The van der Waals surface area contributed by atoms with Crippen molar-refractivity contribution >= 4 is 23.4 Å². The molecular formula is C14H19ClN2O2. The van der Waals surface area contributed by atoms with E-state index in [1.807, 2.05) is 6.08 Å². The first-order chi connectivity index (χ1) is 9.08. The Balaban J connectivity index is 2.93. The lowest BCUT2D eigenvalue weighted by atomic mass is 10.1. The lowest BCUT2D eigenvalue weighted by Gasteiger charge is -2.07. The van der Waals surface area contributed by atoms with Crippen LogP contribution in [0.4, 0.5) is 5.69 Å². The first-order valence-electron chi connectivity index (χ1n) is 6.42. The second-order valence-electron chi connectivity index (χ2n) is 4.30. The van der Waals surface area contributed by atoms with Gasteiger partial charge in [-0.3, -0.25) is 10.1 Å². The van der Waals surface area contributed by atoms with Crippen molar-refractivity contribution in [2.24, 2.45) is 0 Å². The fourth-order valence-corrected chi connectivity index (χ4v) is 1.85. The molecule has 0 saturated heterocycles. The molecule has 0 aliphatic rings. The minimum absolute atomic E-state index is 0.0626. The van der Waals surface area contributed by atoms with Gasteiger partial charge in [0.05, 0.1) is 4.92 Å². The summed E-state index contributed by atoms with van der Waals surface area (Å²) < 4.78 is 0. The molecule has 0 fully saturated rings. The monoisotopic (exact) mass is 282 g/mol. The Labute approximate surface area is 118 Å². The molecule has 0 aromatic heterocycles. The van der Waals surface area contributed by atoms with Crippen LogP contribution in [-0.2, 0) is 0 Å². The number of non-ortho nitro benzene ring substituents is 1. The number of halogens is 1. The number of hydrogen-bond donors (Lipinski definition) is 1. The smallest absolute Gasteiger partial charge is 0.270 e. The number of rotatable bonds is 7. The topological polar surface area (TPSA) is 55.2 Å². The Hall–Kier alpha value is -1.39. The minimum Gasteiger partial charge on any atom is -0.313 e. The van der Waals surface area contributed by atoms with Gasteiger partial charge in [0, 0.05) is 23.7 Å². The number of nitrogens with one attached hydrogen (secondary N) is 1. The highest BCUT2D eigenvalue weighted by Crippen LogP contribution is 2.24. The summed E-state index contributed by atoms with van der Waals surface area (Å²) >= 11 is 6.08. The van der Waals surface area contributed by atoms with Gasteiger partial charge < -0.3 is 5.32 Å². The first-order valence-corrected chi connectivity index (χ1v) is 6.80. The van der Waals surface area contributed by atoms with Gasteiger partial charge in [-0.25, -0.2) is 0 Å². The second kappa shape index (κ2) is 7.92. The molecule has 0 saturated carbocycles. The van der Waals surface area contributed by atoms with Crippen LogP contribution in [0.25, 0.3) is 6.08 Å². The van der Waals surface area contributed by atoms with Crippen LogP contribution < -0.4 is 5.32 Å². The maximum Gasteiger partial charge on any atom is 0.270 e. The molecule has 0 amide bonds. The third-order valence-corrected chi connectivity index (χ3v) is 3.13. The summed E-state index contributed by atoms with van der Waals surface area (Å²) in [5, 5.41) is 14.6. The van der Waals surface area contributed by atoms with Crippen LogP contribution in [0.5, 0.6) is 0 Å². The summed E-state index contributed by atoms with van der Waals surface area (Å²) in [6.45, 7) is 5.91. The van der Waals surface area contributed by atoms with Gasteiger partial charge in [-0.05, 0) is 31.0 Å². The van der Waals surface area contributed by atoms with Crippen molar-refractivity contribution in [2.75, 3.05) is 13.1 Å². The standard InChI is InChI=1S/C14H19ClN2O2/c1-3-7-16-10-11(4-2)8-12-9-13(17(18)19)5-6-14(12)15/h5-6,8-9,16H,3-4,7,10H2,1-2H3. The Bertz CT molecular complexity index is 473. The molecular weight excluding hydrogens is 264 g/mol. The van der Waals surface area contributed by atoms with Crippen molar-refractivity contribution in [2.45, 2.75) is 26.7 Å². The van der Waals surface area contributed by atoms with Gasteiger partial charge in [-0.2, -0.15) is 0 Å². The van der Waals surface area contributed by atoms with Crippen LogP contribution in [0, 0.1) is 10.1 Å². The maximum atomic E-state index is 10.8. The van der Waals surface area contributed by atoms with Crippen LogP contribution in [0.2, 0.25) is 5.02 Å². The molecule has 0 bridgehead atoms. The fourth-order valence-electron chi connectivity index (χ4n) is 1.68. The molecule has 0 unspecified atom stereocenters. The van der Waals surface area contributed by atoms with Gasteiger partial charge in [-0.15, -0.1) is 0 Å². The van der Waals surface area contributed by atoms with Crippen LogP contribution in [0.1, 0.15) is 32.3 Å². The van der Waals surface area contributed by atoms with Gasteiger partial charge in [0.15, 0.2) is 0 Å². The lowest BCUT2D eigenvalue weighted by molar-refractivity contribution is -0.384. The molecule has 1 aromatic rings.